The Morgan fingerprint density at radius 3 is 2.37 bits per heavy atom. The van der Waals surface area contributed by atoms with Gasteiger partial charge in [-0.25, -0.2) is 12.7 Å². The lowest BCUT2D eigenvalue weighted by Gasteiger charge is -2.26. The molecule has 9 heteroatoms. The number of nitrogens with zero attached hydrogens (tertiary/aromatic N) is 2. The van der Waals surface area contributed by atoms with Crippen LogP contribution in [0.5, 0.6) is 0 Å². The fourth-order valence-electron chi connectivity index (χ4n) is 1.56. The predicted octanol–water partition coefficient (Wildman–Crippen LogP) is -2.57. The second-order valence-corrected chi connectivity index (χ2v) is 6.70. The molecule has 1 fully saturated rings. The van der Waals surface area contributed by atoms with Gasteiger partial charge in [0.15, 0.2) is 0 Å². The van der Waals surface area contributed by atoms with Crippen molar-refractivity contribution < 1.29 is 18.0 Å². The van der Waals surface area contributed by atoms with Gasteiger partial charge in [0.05, 0.1) is 5.75 Å². The van der Waals surface area contributed by atoms with Crippen molar-refractivity contribution in [3.05, 3.63) is 0 Å². The molecule has 0 spiro atoms. The molecular formula is C10H20N4O4S. The standard InChI is InChI=1S/C10H20N4O4S/c1-13(2)19(17,18)8-5-12-9(15)10(16)14-6-3-11-4-7-14/h11H,3-8H2,1-2H3,(H,12,15). The van der Waals surface area contributed by atoms with Gasteiger partial charge in [-0.15, -0.1) is 0 Å². The van der Waals surface area contributed by atoms with Crippen LogP contribution in [0.1, 0.15) is 0 Å². The third-order valence-corrected chi connectivity index (χ3v) is 4.63. The minimum atomic E-state index is -3.36. The Morgan fingerprint density at radius 2 is 1.84 bits per heavy atom. The first-order valence-corrected chi connectivity index (χ1v) is 7.63. The number of hydrogen-bond acceptors (Lipinski definition) is 5. The molecule has 2 amide bonds. The van der Waals surface area contributed by atoms with Gasteiger partial charge in [0, 0.05) is 46.8 Å². The van der Waals surface area contributed by atoms with E-state index in [1.54, 1.807) is 0 Å². The Balaban J connectivity index is 2.37. The number of hydrogen-bond donors (Lipinski definition) is 2. The average molecular weight is 292 g/mol. The van der Waals surface area contributed by atoms with E-state index < -0.39 is 21.8 Å². The van der Waals surface area contributed by atoms with E-state index >= 15 is 0 Å². The molecule has 1 aliphatic rings. The summed E-state index contributed by atoms with van der Waals surface area (Å²) in [6, 6.07) is 0. The minimum absolute atomic E-state index is 0.0722. The van der Waals surface area contributed by atoms with E-state index in [0.717, 1.165) is 4.31 Å². The van der Waals surface area contributed by atoms with Gasteiger partial charge in [-0.2, -0.15) is 0 Å². The summed E-state index contributed by atoms with van der Waals surface area (Å²) in [7, 11) is -0.521. The molecule has 0 saturated carbocycles. The fourth-order valence-corrected chi connectivity index (χ4v) is 2.29. The Labute approximate surface area is 113 Å². The maximum Gasteiger partial charge on any atom is 0.311 e. The van der Waals surface area contributed by atoms with Crippen LogP contribution >= 0.6 is 0 Å². The predicted molar refractivity (Wildman–Crippen MR) is 69.9 cm³/mol. The molecule has 0 aromatic rings. The van der Waals surface area contributed by atoms with Gasteiger partial charge in [-0.3, -0.25) is 9.59 Å². The Kier molecular flexibility index (Phi) is 5.70. The van der Waals surface area contributed by atoms with Gasteiger partial charge in [-0.1, -0.05) is 0 Å². The van der Waals surface area contributed by atoms with Gasteiger partial charge in [0.2, 0.25) is 10.0 Å². The largest absolute Gasteiger partial charge is 0.347 e. The minimum Gasteiger partial charge on any atom is -0.347 e. The molecular weight excluding hydrogens is 272 g/mol. The number of rotatable bonds is 4. The van der Waals surface area contributed by atoms with Crippen LogP contribution in [0.15, 0.2) is 0 Å². The highest BCUT2D eigenvalue weighted by molar-refractivity contribution is 7.89. The summed E-state index contributed by atoms with van der Waals surface area (Å²) in [5, 5.41) is 5.41. The first-order chi connectivity index (χ1) is 8.84. The van der Waals surface area contributed by atoms with Crippen molar-refractivity contribution in [2.45, 2.75) is 0 Å². The van der Waals surface area contributed by atoms with E-state index in [1.807, 2.05) is 0 Å². The van der Waals surface area contributed by atoms with Crippen LogP contribution in [-0.4, -0.2) is 82.0 Å². The topological polar surface area (TPSA) is 98.8 Å². The highest BCUT2D eigenvalue weighted by atomic mass is 32.2. The summed E-state index contributed by atoms with van der Waals surface area (Å²) >= 11 is 0. The van der Waals surface area contributed by atoms with Crippen molar-refractivity contribution in [1.82, 2.24) is 19.8 Å². The molecule has 1 saturated heterocycles. The molecule has 0 radical (unpaired) electrons. The first-order valence-electron chi connectivity index (χ1n) is 6.02. The Morgan fingerprint density at radius 1 is 1.26 bits per heavy atom. The van der Waals surface area contributed by atoms with Crippen LogP contribution in [0.4, 0.5) is 0 Å². The lowest BCUT2D eigenvalue weighted by molar-refractivity contribution is -0.146. The molecule has 110 valence electrons. The lowest BCUT2D eigenvalue weighted by Crippen LogP contribution is -2.51. The van der Waals surface area contributed by atoms with Crippen LogP contribution in [0, 0.1) is 0 Å². The monoisotopic (exact) mass is 292 g/mol. The lowest BCUT2D eigenvalue weighted by atomic mass is 10.3. The molecule has 1 heterocycles. The highest BCUT2D eigenvalue weighted by Crippen LogP contribution is 1.95. The molecule has 0 bridgehead atoms. The molecule has 19 heavy (non-hydrogen) atoms. The summed E-state index contributed by atoms with van der Waals surface area (Å²) < 4.78 is 24.0. The number of carbonyl (C=O) groups is 2. The number of amides is 2. The summed E-state index contributed by atoms with van der Waals surface area (Å²) in [5.41, 5.74) is 0. The van der Waals surface area contributed by atoms with Crippen LogP contribution in [0.2, 0.25) is 0 Å². The zero-order chi connectivity index (χ0) is 14.5. The molecule has 1 aliphatic heterocycles. The fraction of sp³-hybridized carbons (Fsp3) is 0.800. The van der Waals surface area contributed by atoms with E-state index in [0.29, 0.717) is 26.2 Å². The number of nitrogens with one attached hydrogen (secondary N) is 2. The van der Waals surface area contributed by atoms with Crippen LogP contribution in [0.3, 0.4) is 0 Å². The van der Waals surface area contributed by atoms with Gasteiger partial charge in [-0.05, 0) is 0 Å². The molecule has 8 nitrogen and oxygen atoms in total. The van der Waals surface area contributed by atoms with Crippen molar-refractivity contribution in [3.63, 3.8) is 0 Å². The summed E-state index contributed by atoms with van der Waals surface area (Å²) in [6.45, 7) is 2.23. The number of piperazine rings is 1. The van der Waals surface area contributed by atoms with Crippen molar-refractivity contribution in [2.75, 3.05) is 52.6 Å². The van der Waals surface area contributed by atoms with E-state index in [4.69, 9.17) is 0 Å². The van der Waals surface area contributed by atoms with Crippen molar-refractivity contribution in [1.29, 1.82) is 0 Å². The number of sulfonamides is 1. The van der Waals surface area contributed by atoms with Gasteiger partial charge >= 0.3 is 11.8 Å². The first kappa shape index (κ1) is 15.9. The van der Waals surface area contributed by atoms with E-state index in [2.05, 4.69) is 10.6 Å². The van der Waals surface area contributed by atoms with Crippen LogP contribution < -0.4 is 10.6 Å². The quantitative estimate of drug-likeness (QED) is 0.555. The Hall–Kier alpha value is -1.19. The Bertz CT molecular complexity index is 429. The zero-order valence-electron chi connectivity index (χ0n) is 11.2. The normalized spacial score (nSPS) is 16.5. The summed E-state index contributed by atoms with van der Waals surface area (Å²) in [5.74, 6) is -1.58. The van der Waals surface area contributed by atoms with Crippen molar-refractivity contribution in [3.8, 4) is 0 Å². The molecule has 0 aromatic carbocycles. The van der Waals surface area contributed by atoms with Gasteiger partial charge in [0.25, 0.3) is 0 Å². The molecule has 0 aromatic heterocycles. The smallest absolute Gasteiger partial charge is 0.311 e. The van der Waals surface area contributed by atoms with E-state index in [9.17, 15) is 18.0 Å². The SMILES string of the molecule is CN(C)S(=O)(=O)CCNC(=O)C(=O)N1CCNCC1. The summed E-state index contributed by atoms with van der Waals surface area (Å²) in [4.78, 5) is 24.7. The van der Waals surface area contributed by atoms with Crippen LogP contribution in [-0.2, 0) is 19.6 Å². The van der Waals surface area contributed by atoms with Crippen LogP contribution in [0.25, 0.3) is 0 Å². The van der Waals surface area contributed by atoms with Crippen molar-refractivity contribution >= 4 is 21.8 Å². The average Bonchev–Trinajstić information content (AvgIpc) is 2.38. The van der Waals surface area contributed by atoms with E-state index in [-0.39, 0.29) is 12.3 Å². The number of carbonyl (C=O) groups excluding carboxylic acids is 2. The maximum atomic E-state index is 11.7. The second-order valence-electron chi connectivity index (χ2n) is 4.40. The maximum absolute atomic E-state index is 11.7. The van der Waals surface area contributed by atoms with Gasteiger partial charge < -0.3 is 15.5 Å². The van der Waals surface area contributed by atoms with Crippen molar-refractivity contribution in [2.24, 2.45) is 0 Å². The zero-order valence-corrected chi connectivity index (χ0v) is 12.0. The third kappa shape index (κ3) is 4.77. The molecule has 0 unspecified atom stereocenters. The van der Waals surface area contributed by atoms with Gasteiger partial charge in [0.1, 0.15) is 0 Å². The molecule has 0 aliphatic carbocycles. The molecule has 1 rings (SSSR count). The third-order valence-electron chi connectivity index (χ3n) is 2.80. The molecule has 2 N–H and O–H groups in total. The second kappa shape index (κ2) is 6.83. The highest BCUT2D eigenvalue weighted by Gasteiger charge is 2.23. The summed E-state index contributed by atoms with van der Waals surface area (Å²) in [6.07, 6.45) is 0. The molecule has 0 atom stereocenters. The van der Waals surface area contributed by atoms with E-state index in [1.165, 1.54) is 19.0 Å².